The predicted octanol–water partition coefficient (Wildman–Crippen LogP) is 2.01. The second-order valence-electron chi connectivity index (χ2n) is 5.65. The molecule has 1 aliphatic rings. The molecule has 1 aromatic rings. The van der Waals surface area contributed by atoms with E-state index in [1.54, 1.807) is 7.11 Å². The molecule has 1 amide bonds. The smallest absolute Gasteiger partial charge is 0.325 e. The largest absolute Gasteiger partial charge is 0.496 e. The third kappa shape index (κ3) is 2.73. The second-order valence-corrected chi connectivity index (χ2v) is 5.65. The summed E-state index contributed by atoms with van der Waals surface area (Å²) < 4.78 is 5.32. The highest BCUT2D eigenvalue weighted by molar-refractivity contribution is 5.92. The van der Waals surface area contributed by atoms with Crippen LogP contribution in [0.1, 0.15) is 37.3 Å². The van der Waals surface area contributed by atoms with E-state index < -0.39 is 17.4 Å². The molecule has 0 bridgehead atoms. The number of rotatable bonds is 5. The SMILES string of the molecule is COc1cc(C2(C(=O)N[C@@H](C)C(=O)O)CCC2)ccc1C. The molecule has 0 heterocycles. The fraction of sp³-hybridized carbons (Fsp3) is 0.500. The number of carbonyl (C=O) groups is 2. The molecule has 5 nitrogen and oxygen atoms in total. The highest BCUT2D eigenvalue weighted by atomic mass is 16.5. The molecule has 1 atom stereocenters. The summed E-state index contributed by atoms with van der Waals surface area (Å²) in [5.74, 6) is -0.494. The number of ether oxygens (including phenoxy) is 1. The molecule has 5 heteroatoms. The number of aryl methyl sites for hydroxylation is 1. The van der Waals surface area contributed by atoms with Crippen molar-refractivity contribution in [3.63, 3.8) is 0 Å². The van der Waals surface area contributed by atoms with Gasteiger partial charge in [0.1, 0.15) is 11.8 Å². The van der Waals surface area contributed by atoms with Crippen LogP contribution >= 0.6 is 0 Å². The van der Waals surface area contributed by atoms with Gasteiger partial charge in [-0.15, -0.1) is 0 Å². The van der Waals surface area contributed by atoms with Crippen molar-refractivity contribution < 1.29 is 19.4 Å². The third-order valence-electron chi connectivity index (χ3n) is 4.32. The molecular formula is C16H21NO4. The van der Waals surface area contributed by atoms with Crippen molar-refractivity contribution in [3.05, 3.63) is 29.3 Å². The van der Waals surface area contributed by atoms with Gasteiger partial charge in [-0.1, -0.05) is 18.6 Å². The molecule has 2 N–H and O–H groups in total. The number of hydrogen-bond donors (Lipinski definition) is 2. The average Bonchev–Trinajstić information content (AvgIpc) is 2.39. The lowest BCUT2D eigenvalue weighted by atomic mass is 9.63. The van der Waals surface area contributed by atoms with Crippen molar-refractivity contribution in [1.29, 1.82) is 0 Å². The molecule has 1 fully saturated rings. The second kappa shape index (κ2) is 5.76. The first-order valence-electron chi connectivity index (χ1n) is 7.09. The summed E-state index contributed by atoms with van der Waals surface area (Å²) in [6, 6.07) is 4.87. The van der Waals surface area contributed by atoms with Crippen LogP contribution in [0, 0.1) is 6.92 Å². The molecular weight excluding hydrogens is 270 g/mol. The van der Waals surface area contributed by atoms with Crippen LogP contribution in [-0.4, -0.2) is 30.1 Å². The summed E-state index contributed by atoms with van der Waals surface area (Å²) in [7, 11) is 1.60. The predicted molar refractivity (Wildman–Crippen MR) is 78.5 cm³/mol. The Morgan fingerprint density at radius 2 is 2.05 bits per heavy atom. The molecule has 0 unspecified atom stereocenters. The van der Waals surface area contributed by atoms with E-state index in [0.29, 0.717) is 0 Å². The zero-order valence-electron chi connectivity index (χ0n) is 12.6. The van der Waals surface area contributed by atoms with Gasteiger partial charge in [-0.05, 0) is 43.9 Å². The summed E-state index contributed by atoms with van der Waals surface area (Å²) >= 11 is 0. The van der Waals surface area contributed by atoms with E-state index in [0.717, 1.165) is 36.1 Å². The average molecular weight is 291 g/mol. The van der Waals surface area contributed by atoms with Crippen LogP contribution in [0.15, 0.2) is 18.2 Å². The number of amides is 1. The third-order valence-corrected chi connectivity index (χ3v) is 4.32. The Bertz CT molecular complexity index is 563. The maximum absolute atomic E-state index is 12.5. The van der Waals surface area contributed by atoms with Crippen LogP contribution in [-0.2, 0) is 15.0 Å². The summed E-state index contributed by atoms with van der Waals surface area (Å²) in [6.45, 7) is 3.42. The Morgan fingerprint density at radius 3 is 2.52 bits per heavy atom. The minimum absolute atomic E-state index is 0.213. The first-order chi connectivity index (χ1) is 9.90. The van der Waals surface area contributed by atoms with Crippen molar-refractivity contribution in [3.8, 4) is 5.75 Å². The molecule has 1 aromatic carbocycles. The van der Waals surface area contributed by atoms with Gasteiger partial charge in [0.25, 0.3) is 0 Å². The van der Waals surface area contributed by atoms with Gasteiger partial charge in [0, 0.05) is 0 Å². The van der Waals surface area contributed by atoms with Crippen LogP contribution in [0.25, 0.3) is 0 Å². The number of aliphatic carboxylic acids is 1. The fourth-order valence-electron chi connectivity index (χ4n) is 2.69. The van der Waals surface area contributed by atoms with Crippen molar-refractivity contribution in [2.45, 2.75) is 44.6 Å². The fourth-order valence-corrected chi connectivity index (χ4v) is 2.69. The Hall–Kier alpha value is -2.04. The summed E-state index contributed by atoms with van der Waals surface area (Å²) in [4.78, 5) is 23.4. The van der Waals surface area contributed by atoms with Crippen LogP contribution in [0.3, 0.4) is 0 Å². The molecule has 21 heavy (non-hydrogen) atoms. The first kappa shape index (κ1) is 15.4. The molecule has 0 aliphatic heterocycles. The van der Waals surface area contributed by atoms with E-state index >= 15 is 0 Å². The zero-order valence-corrected chi connectivity index (χ0v) is 12.6. The highest BCUT2D eigenvalue weighted by Crippen LogP contribution is 2.45. The number of hydrogen-bond acceptors (Lipinski definition) is 3. The normalized spacial score (nSPS) is 17.5. The molecule has 0 radical (unpaired) electrons. The van der Waals surface area contributed by atoms with Crippen molar-refractivity contribution in [2.75, 3.05) is 7.11 Å². The van der Waals surface area contributed by atoms with Gasteiger partial charge in [-0.25, -0.2) is 0 Å². The van der Waals surface area contributed by atoms with Crippen molar-refractivity contribution >= 4 is 11.9 Å². The van der Waals surface area contributed by atoms with E-state index in [9.17, 15) is 9.59 Å². The molecule has 0 aromatic heterocycles. The molecule has 1 saturated carbocycles. The van der Waals surface area contributed by atoms with E-state index in [2.05, 4.69) is 5.32 Å². The Balaban J connectivity index is 2.29. The number of carboxylic acid groups (broad SMARTS) is 1. The van der Waals surface area contributed by atoms with E-state index in [-0.39, 0.29) is 5.91 Å². The van der Waals surface area contributed by atoms with Crippen molar-refractivity contribution in [1.82, 2.24) is 5.32 Å². The number of nitrogens with one attached hydrogen (secondary N) is 1. The summed E-state index contributed by atoms with van der Waals surface area (Å²) in [5, 5.41) is 11.5. The lowest BCUT2D eigenvalue weighted by Gasteiger charge is -2.41. The molecule has 2 rings (SSSR count). The number of carbonyl (C=O) groups excluding carboxylic acids is 1. The van der Waals surface area contributed by atoms with Gasteiger partial charge in [-0.2, -0.15) is 0 Å². The number of carboxylic acids is 1. The van der Waals surface area contributed by atoms with Gasteiger partial charge >= 0.3 is 5.97 Å². The highest BCUT2D eigenvalue weighted by Gasteiger charge is 2.46. The van der Waals surface area contributed by atoms with E-state index in [1.807, 2.05) is 25.1 Å². The molecule has 1 aliphatic carbocycles. The molecule has 0 spiro atoms. The Morgan fingerprint density at radius 1 is 1.38 bits per heavy atom. The number of benzene rings is 1. The summed E-state index contributed by atoms with van der Waals surface area (Å²) in [6.07, 6.45) is 2.43. The van der Waals surface area contributed by atoms with Crippen molar-refractivity contribution in [2.24, 2.45) is 0 Å². The van der Waals surface area contributed by atoms with E-state index in [4.69, 9.17) is 9.84 Å². The minimum atomic E-state index is -1.03. The maximum atomic E-state index is 12.5. The standard InChI is InChI=1S/C16H21NO4/c1-10-5-6-12(9-13(10)21-3)16(7-4-8-16)15(20)17-11(2)14(18)19/h5-6,9,11H,4,7-8H2,1-3H3,(H,17,20)(H,18,19)/t11-/m0/s1. The van der Waals surface area contributed by atoms with Gasteiger partial charge < -0.3 is 15.2 Å². The number of methoxy groups -OCH3 is 1. The van der Waals surface area contributed by atoms with E-state index in [1.165, 1.54) is 6.92 Å². The van der Waals surface area contributed by atoms with Gasteiger partial charge in [0.15, 0.2) is 0 Å². The summed E-state index contributed by atoms with van der Waals surface area (Å²) in [5.41, 5.74) is 1.28. The molecule has 0 saturated heterocycles. The maximum Gasteiger partial charge on any atom is 0.325 e. The zero-order chi connectivity index (χ0) is 15.6. The monoisotopic (exact) mass is 291 g/mol. The Kier molecular flexibility index (Phi) is 4.21. The quantitative estimate of drug-likeness (QED) is 0.870. The lowest BCUT2D eigenvalue weighted by Crippen LogP contribution is -2.53. The topological polar surface area (TPSA) is 75.6 Å². The van der Waals surface area contributed by atoms with Gasteiger partial charge in [0.2, 0.25) is 5.91 Å². The van der Waals surface area contributed by atoms with Crippen LogP contribution in [0.4, 0.5) is 0 Å². The minimum Gasteiger partial charge on any atom is -0.496 e. The lowest BCUT2D eigenvalue weighted by molar-refractivity contribution is -0.143. The van der Waals surface area contributed by atoms with Gasteiger partial charge in [-0.3, -0.25) is 9.59 Å². The molecule has 114 valence electrons. The van der Waals surface area contributed by atoms with Crippen LogP contribution in [0.2, 0.25) is 0 Å². The first-order valence-corrected chi connectivity index (χ1v) is 7.09. The van der Waals surface area contributed by atoms with Crippen LogP contribution < -0.4 is 10.1 Å². The van der Waals surface area contributed by atoms with Crippen LogP contribution in [0.5, 0.6) is 5.75 Å². The Labute approximate surface area is 124 Å². The van der Waals surface area contributed by atoms with Gasteiger partial charge in [0.05, 0.1) is 12.5 Å².